The number of likely N-dealkylation sites (N-methyl/N-ethyl adjacent to an activating group) is 1. The average Bonchev–Trinajstić information content (AvgIpc) is 1.74. The van der Waals surface area contributed by atoms with Crippen molar-refractivity contribution in [2.24, 2.45) is 23.7 Å². The Hall–Kier alpha value is -7.08. The van der Waals surface area contributed by atoms with Crippen LogP contribution in [0, 0.1) is 23.7 Å². The second-order valence-electron chi connectivity index (χ2n) is 25.6. The van der Waals surface area contributed by atoms with Gasteiger partial charge in [-0.05, 0) is 118 Å². The lowest BCUT2D eigenvalue weighted by atomic mass is 9.76. The molecule has 8 atom stereocenters. The number of benzene rings is 4. The zero-order valence-corrected chi connectivity index (χ0v) is 54.2. The number of methoxy groups -OCH3 is 2. The monoisotopic (exact) mass is 1230 g/mol. The molecule has 3 N–H and O–H groups in total. The zero-order chi connectivity index (χ0) is 64.1. The van der Waals surface area contributed by atoms with Crippen molar-refractivity contribution in [3.8, 4) is 11.1 Å². The predicted molar refractivity (Wildman–Crippen MR) is 349 cm³/mol. The summed E-state index contributed by atoms with van der Waals surface area (Å²) in [6.45, 7) is 7.50. The second kappa shape index (κ2) is 34.4. The number of carbonyl (C=O) groups is 8. The van der Waals surface area contributed by atoms with Gasteiger partial charge in [0.1, 0.15) is 11.8 Å². The van der Waals surface area contributed by atoms with Crippen molar-refractivity contribution in [3.05, 3.63) is 131 Å². The topological polar surface area (TPSA) is 204 Å². The SMILES string of the molecule is CC[C@@H](C)C(=O)N[C@H](C(=O)N1CC[C@H](OC)[C@H]1CN(CCc1ccccc1)C(=O)CCC(=O)c1ccc(-c2ccc(C(=O)NCC(=O)N(CCc3ccccc3)C[C@@H]3[C@@H](OC)CCN3C(=O)[C@@H](CC(=O)[C@H](C)NC)C3CCCCC3)cc2)cc1)C1CCCCC1. The van der Waals surface area contributed by atoms with E-state index in [0.717, 1.165) is 86.5 Å². The Morgan fingerprint density at radius 2 is 1.07 bits per heavy atom. The highest BCUT2D eigenvalue weighted by molar-refractivity contribution is 5.99. The van der Waals surface area contributed by atoms with E-state index in [-0.39, 0.29) is 116 Å². The van der Waals surface area contributed by atoms with E-state index in [1.54, 1.807) is 55.3 Å². The van der Waals surface area contributed by atoms with Gasteiger partial charge in [-0.25, -0.2) is 0 Å². The summed E-state index contributed by atoms with van der Waals surface area (Å²) in [7, 11) is 5.03. The molecule has 2 saturated heterocycles. The summed E-state index contributed by atoms with van der Waals surface area (Å²) in [4.78, 5) is 120. The molecule has 6 amide bonds. The normalized spacial score (nSPS) is 20.2. The number of likely N-dealkylation sites (tertiary alicyclic amines) is 2. The van der Waals surface area contributed by atoms with Crippen LogP contribution in [0.4, 0.5) is 0 Å². The number of hydrogen-bond acceptors (Lipinski definition) is 11. The van der Waals surface area contributed by atoms with E-state index in [1.165, 1.54) is 0 Å². The lowest BCUT2D eigenvalue weighted by Crippen LogP contribution is -2.57. The van der Waals surface area contributed by atoms with Gasteiger partial charge in [-0.2, -0.15) is 0 Å². The van der Waals surface area contributed by atoms with Gasteiger partial charge in [0, 0.05) is 95.7 Å². The standard InChI is InChI=1S/C73H99N7O10/c1-7-50(2)70(85)76-69(58-26-18-11-19-27-58)73(88)80-45-41-66(90-6)62(80)48-77(42-38-52-20-12-8-13-21-52)67(83)37-36-63(81)57-32-28-54(29-33-57)55-30-34-59(35-31-55)71(86)75-47-68(84)78(43-39-53-22-14-9-15-23-53)49-61-65(89-5)40-44-79(61)72(87)60(46-64(82)51(3)74-4)56-24-16-10-17-25-56/h8-9,12-15,20-23,28-35,50-51,56,58,60-62,65-66,69,74H,7,10-11,16-19,24-27,36-49H2,1-6H3,(H,75,86)(H,76,85)/t50-,51+,60+,61-,62-,65+,66+,69+/m1/s1. The number of Topliss-reactive ketones (excluding diaryl/α,β-unsaturated/α-hetero) is 2. The highest BCUT2D eigenvalue weighted by Gasteiger charge is 2.46. The Morgan fingerprint density at radius 1 is 0.578 bits per heavy atom. The molecule has 4 aromatic rings. The minimum Gasteiger partial charge on any atom is -0.379 e. The minimum atomic E-state index is -0.652. The van der Waals surface area contributed by atoms with Gasteiger partial charge in [0.25, 0.3) is 5.91 Å². The fourth-order valence-electron chi connectivity index (χ4n) is 13.9. The number of amides is 6. The number of ether oxygens (including phenoxy) is 2. The van der Waals surface area contributed by atoms with Crippen LogP contribution in [0.25, 0.3) is 11.1 Å². The minimum absolute atomic E-state index is 0.0151. The molecule has 486 valence electrons. The van der Waals surface area contributed by atoms with Crippen LogP contribution in [-0.4, -0.2) is 170 Å². The molecule has 17 nitrogen and oxygen atoms in total. The quantitative estimate of drug-likeness (QED) is 0.0405. The highest BCUT2D eigenvalue weighted by atomic mass is 16.5. The first kappa shape index (κ1) is 68.8. The van der Waals surface area contributed by atoms with Crippen LogP contribution < -0.4 is 16.0 Å². The number of nitrogens with zero attached hydrogens (tertiary/aromatic N) is 4. The molecule has 4 aromatic carbocycles. The molecule has 4 aliphatic rings. The second-order valence-corrected chi connectivity index (χ2v) is 25.6. The smallest absolute Gasteiger partial charge is 0.251 e. The third kappa shape index (κ3) is 18.6. The Balaban J connectivity index is 0.890. The number of rotatable bonds is 31. The van der Waals surface area contributed by atoms with Gasteiger partial charge in [-0.1, -0.05) is 149 Å². The Morgan fingerprint density at radius 3 is 1.57 bits per heavy atom. The molecule has 4 fully saturated rings. The van der Waals surface area contributed by atoms with E-state index in [9.17, 15) is 38.4 Å². The first-order valence-electron chi connectivity index (χ1n) is 33.4. The van der Waals surface area contributed by atoms with Crippen molar-refractivity contribution >= 4 is 47.0 Å². The van der Waals surface area contributed by atoms with E-state index < -0.39 is 30.0 Å². The third-order valence-electron chi connectivity index (χ3n) is 20.0. The van der Waals surface area contributed by atoms with E-state index in [1.807, 2.05) is 116 Å². The molecule has 8 rings (SSSR count). The molecule has 2 saturated carbocycles. The van der Waals surface area contributed by atoms with Crippen LogP contribution in [0.3, 0.4) is 0 Å². The van der Waals surface area contributed by atoms with Gasteiger partial charge < -0.3 is 45.0 Å². The summed E-state index contributed by atoms with van der Waals surface area (Å²) < 4.78 is 12.0. The van der Waals surface area contributed by atoms with E-state index in [4.69, 9.17) is 9.47 Å². The maximum atomic E-state index is 14.8. The summed E-state index contributed by atoms with van der Waals surface area (Å²) in [6, 6.07) is 32.1. The molecule has 90 heavy (non-hydrogen) atoms. The molecule has 2 aliphatic carbocycles. The molecule has 0 unspecified atom stereocenters. The molecule has 0 bridgehead atoms. The first-order chi connectivity index (χ1) is 43.6. The maximum absolute atomic E-state index is 14.8. The fraction of sp³-hybridized carbons (Fsp3) is 0.562. The Labute approximate surface area is 534 Å². The van der Waals surface area contributed by atoms with Crippen molar-refractivity contribution in [1.82, 2.24) is 35.6 Å². The van der Waals surface area contributed by atoms with E-state index in [0.29, 0.717) is 69.4 Å². The largest absolute Gasteiger partial charge is 0.379 e. The molecular weight excluding hydrogens is 1130 g/mol. The van der Waals surface area contributed by atoms with Crippen LogP contribution in [0.2, 0.25) is 0 Å². The molecule has 2 heterocycles. The van der Waals surface area contributed by atoms with Crippen molar-refractivity contribution < 1.29 is 47.8 Å². The number of hydrogen-bond donors (Lipinski definition) is 3. The van der Waals surface area contributed by atoms with Crippen molar-refractivity contribution in [2.75, 3.05) is 67.1 Å². The summed E-state index contributed by atoms with van der Waals surface area (Å²) in [5.41, 5.74) is 4.56. The number of carbonyl (C=O) groups excluding carboxylic acids is 8. The van der Waals surface area contributed by atoms with Crippen molar-refractivity contribution in [1.29, 1.82) is 0 Å². The lowest BCUT2D eigenvalue weighted by molar-refractivity contribution is -0.144. The van der Waals surface area contributed by atoms with Crippen LogP contribution in [0.1, 0.15) is 155 Å². The summed E-state index contributed by atoms with van der Waals surface area (Å²) >= 11 is 0. The van der Waals surface area contributed by atoms with E-state index in [2.05, 4.69) is 16.0 Å². The average molecular weight is 1230 g/mol. The molecule has 0 spiro atoms. The van der Waals surface area contributed by atoms with Gasteiger partial charge in [0.05, 0.1) is 36.9 Å². The summed E-state index contributed by atoms with van der Waals surface area (Å²) in [5, 5.41) is 9.07. The van der Waals surface area contributed by atoms with Crippen molar-refractivity contribution in [3.63, 3.8) is 0 Å². The van der Waals surface area contributed by atoms with Crippen molar-refractivity contribution in [2.45, 2.75) is 173 Å². The van der Waals surface area contributed by atoms with Gasteiger partial charge >= 0.3 is 0 Å². The Kier molecular flexibility index (Phi) is 26.3. The van der Waals surface area contributed by atoms with Crippen LogP contribution >= 0.6 is 0 Å². The van der Waals surface area contributed by atoms with Gasteiger partial charge in [-0.3, -0.25) is 38.4 Å². The third-order valence-corrected chi connectivity index (χ3v) is 20.0. The summed E-state index contributed by atoms with van der Waals surface area (Å²) in [6.07, 6.45) is 12.4. The first-order valence-corrected chi connectivity index (χ1v) is 33.4. The van der Waals surface area contributed by atoms with Crippen LogP contribution in [-0.2, 0) is 51.1 Å². The fourth-order valence-corrected chi connectivity index (χ4v) is 13.9. The zero-order valence-electron chi connectivity index (χ0n) is 54.2. The van der Waals surface area contributed by atoms with Gasteiger partial charge in [0.2, 0.25) is 29.5 Å². The molecular formula is C73H99N7O10. The molecule has 17 heteroatoms. The van der Waals surface area contributed by atoms with Gasteiger partial charge in [0.15, 0.2) is 5.78 Å². The van der Waals surface area contributed by atoms with Gasteiger partial charge in [-0.15, -0.1) is 0 Å². The lowest BCUT2D eigenvalue weighted by Gasteiger charge is -2.38. The highest BCUT2D eigenvalue weighted by Crippen LogP contribution is 2.36. The summed E-state index contributed by atoms with van der Waals surface area (Å²) in [5.74, 6) is -1.90. The molecule has 0 radical (unpaired) electrons. The maximum Gasteiger partial charge on any atom is 0.251 e. The molecule has 2 aliphatic heterocycles. The number of ketones is 2. The predicted octanol–water partition coefficient (Wildman–Crippen LogP) is 9.30. The van der Waals surface area contributed by atoms with E-state index >= 15 is 0 Å². The van der Waals surface area contributed by atoms with Crippen LogP contribution in [0.15, 0.2) is 109 Å². The number of nitrogens with one attached hydrogen (secondary N) is 3. The van der Waals surface area contributed by atoms with Crippen LogP contribution in [0.5, 0.6) is 0 Å². The molecule has 0 aromatic heterocycles. The Bertz CT molecular complexity index is 2790.